The summed E-state index contributed by atoms with van der Waals surface area (Å²) >= 11 is 0. The van der Waals surface area contributed by atoms with Crippen molar-refractivity contribution in [1.29, 1.82) is 0 Å². The van der Waals surface area contributed by atoms with E-state index in [1.165, 1.54) is 5.56 Å². The van der Waals surface area contributed by atoms with Crippen LogP contribution in [-0.2, 0) is 6.54 Å². The molecule has 12 heavy (non-hydrogen) atoms. The summed E-state index contributed by atoms with van der Waals surface area (Å²) in [6.45, 7) is 2.62. The van der Waals surface area contributed by atoms with Gasteiger partial charge in [-0.2, -0.15) is 0 Å². The molecular weight excluding hydrogens is 150 g/mol. The van der Waals surface area contributed by atoms with Crippen molar-refractivity contribution >= 4 is 5.69 Å². The Kier molecular flexibility index (Phi) is 3.08. The molecule has 0 saturated carbocycles. The smallest absolute Gasteiger partial charge is 0.0534 e. The average molecular weight is 165 g/mol. The standard InChI is InChI=1S/C9H15N3/c1-7-3-4-8(6-10)9(5-7)12-11-2/h3-5,11-12H,6,10H2,1-2H3. The lowest BCUT2D eigenvalue weighted by molar-refractivity contribution is 0.963. The van der Waals surface area contributed by atoms with E-state index in [1.807, 2.05) is 13.1 Å². The van der Waals surface area contributed by atoms with Crippen molar-refractivity contribution in [2.45, 2.75) is 13.5 Å². The number of hydrogen-bond acceptors (Lipinski definition) is 3. The van der Waals surface area contributed by atoms with Crippen LogP contribution in [0.2, 0.25) is 0 Å². The van der Waals surface area contributed by atoms with Gasteiger partial charge in [0.2, 0.25) is 0 Å². The van der Waals surface area contributed by atoms with Crippen LogP contribution in [0.4, 0.5) is 5.69 Å². The maximum absolute atomic E-state index is 5.56. The van der Waals surface area contributed by atoms with Crippen LogP contribution >= 0.6 is 0 Å². The Morgan fingerprint density at radius 1 is 1.42 bits per heavy atom. The van der Waals surface area contributed by atoms with Crippen LogP contribution in [0, 0.1) is 6.92 Å². The highest BCUT2D eigenvalue weighted by Gasteiger charge is 1.98. The van der Waals surface area contributed by atoms with Crippen molar-refractivity contribution < 1.29 is 0 Å². The Hall–Kier alpha value is -1.06. The van der Waals surface area contributed by atoms with Gasteiger partial charge in [-0.15, -0.1) is 0 Å². The van der Waals surface area contributed by atoms with Gasteiger partial charge in [-0.25, -0.2) is 5.43 Å². The second kappa shape index (κ2) is 4.09. The summed E-state index contributed by atoms with van der Waals surface area (Å²) in [5.74, 6) is 0. The zero-order valence-electron chi connectivity index (χ0n) is 7.52. The molecule has 0 atom stereocenters. The van der Waals surface area contributed by atoms with E-state index in [2.05, 4.69) is 29.9 Å². The van der Waals surface area contributed by atoms with Gasteiger partial charge >= 0.3 is 0 Å². The lowest BCUT2D eigenvalue weighted by atomic mass is 10.1. The summed E-state index contributed by atoms with van der Waals surface area (Å²) in [5.41, 5.74) is 14.9. The van der Waals surface area contributed by atoms with Gasteiger partial charge < -0.3 is 11.2 Å². The van der Waals surface area contributed by atoms with Crippen molar-refractivity contribution in [3.8, 4) is 0 Å². The molecule has 0 saturated heterocycles. The van der Waals surface area contributed by atoms with E-state index in [9.17, 15) is 0 Å². The third kappa shape index (κ3) is 1.96. The molecule has 0 aliphatic carbocycles. The largest absolute Gasteiger partial charge is 0.326 e. The predicted molar refractivity (Wildman–Crippen MR) is 51.8 cm³/mol. The molecule has 1 aromatic carbocycles. The van der Waals surface area contributed by atoms with Crippen LogP contribution in [0.3, 0.4) is 0 Å². The minimum Gasteiger partial charge on any atom is -0.326 e. The van der Waals surface area contributed by atoms with Crippen LogP contribution in [-0.4, -0.2) is 7.05 Å². The van der Waals surface area contributed by atoms with Crippen LogP contribution in [0.5, 0.6) is 0 Å². The molecule has 0 heterocycles. The number of aryl methyl sites for hydroxylation is 1. The minimum atomic E-state index is 0.560. The topological polar surface area (TPSA) is 50.1 Å². The summed E-state index contributed by atoms with van der Waals surface area (Å²) in [7, 11) is 1.84. The Morgan fingerprint density at radius 2 is 2.17 bits per heavy atom. The molecular formula is C9H15N3. The van der Waals surface area contributed by atoms with Crippen LogP contribution < -0.4 is 16.6 Å². The molecule has 0 amide bonds. The maximum Gasteiger partial charge on any atom is 0.0534 e. The second-order valence-corrected chi connectivity index (χ2v) is 2.74. The number of hydrazine groups is 1. The Bertz CT molecular complexity index is 258. The van der Waals surface area contributed by atoms with E-state index in [1.54, 1.807) is 0 Å². The monoisotopic (exact) mass is 165 g/mol. The van der Waals surface area contributed by atoms with Gasteiger partial charge in [-0.3, -0.25) is 0 Å². The van der Waals surface area contributed by atoms with Crippen LogP contribution in [0.25, 0.3) is 0 Å². The molecule has 0 unspecified atom stereocenters. The van der Waals surface area contributed by atoms with E-state index < -0.39 is 0 Å². The molecule has 0 fully saturated rings. The molecule has 0 aliphatic rings. The molecule has 0 spiro atoms. The first kappa shape index (κ1) is 9.03. The highest BCUT2D eigenvalue weighted by atomic mass is 15.3. The average Bonchev–Trinajstić information content (AvgIpc) is 2.05. The van der Waals surface area contributed by atoms with Gasteiger partial charge in [-0.05, 0) is 24.1 Å². The zero-order valence-corrected chi connectivity index (χ0v) is 7.52. The van der Waals surface area contributed by atoms with Crippen molar-refractivity contribution in [3.63, 3.8) is 0 Å². The molecule has 3 nitrogen and oxygen atoms in total. The Balaban J connectivity index is 2.95. The van der Waals surface area contributed by atoms with E-state index in [-0.39, 0.29) is 0 Å². The molecule has 4 N–H and O–H groups in total. The van der Waals surface area contributed by atoms with E-state index in [0.717, 1.165) is 11.3 Å². The third-order valence-electron chi connectivity index (χ3n) is 1.74. The van der Waals surface area contributed by atoms with Gasteiger partial charge in [0, 0.05) is 13.6 Å². The SMILES string of the molecule is CNNc1cc(C)ccc1CN. The fraction of sp³-hybridized carbons (Fsp3) is 0.333. The Labute approximate surface area is 72.9 Å². The molecule has 1 aromatic rings. The van der Waals surface area contributed by atoms with Gasteiger partial charge in [-0.1, -0.05) is 12.1 Å². The first-order valence-corrected chi connectivity index (χ1v) is 4.00. The number of hydrogen-bond donors (Lipinski definition) is 3. The van der Waals surface area contributed by atoms with E-state index in [0.29, 0.717) is 6.54 Å². The van der Waals surface area contributed by atoms with Gasteiger partial charge in [0.1, 0.15) is 0 Å². The van der Waals surface area contributed by atoms with E-state index >= 15 is 0 Å². The summed E-state index contributed by atoms with van der Waals surface area (Å²) < 4.78 is 0. The number of nitrogens with one attached hydrogen (secondary N) is 2. The lowest BCUT2D eigenvalue weighted by Gasteiger charge is -2.09. The quantitative estimate of drug-likeness (QED) is 0.586. The van der Waals surface area contributed by atoms with Crippen molar-refractivity contribution in [1.82, 2.24) is 5.43 Å². The van der Waals surface area contributed by atoms with Crippen LogP contribution in [0.15, 0.2) is 18.2 Å². The van der Waals surface area contributed by atoms with Gasteiger partial charge in [0.05, 0.1) is 5.69 Å². The molecule has 0 radical (unpaired) electrons. The van der Waals surface area contributed by atoms with Crippen molar-refractivity contribution in [3.05, 3.63) is 29.3 Å². The van der Waals surface area contributed by atoms with Crippen LogP contribution in [0.1, 0.15) is 11.1 Å². The predicted octanol–water partition coefficient (Wildman–Crippen LogP) is 1.00. The normalized spacial score (nSPS) is 9.92. The maximum atomic E-state index is 5.56. The summed E-state index contributed by atoms with van der Waals surface area (Å²) in [6, 6.07) is 6.16. The molecule has 3 heteroatoms. The molecule has 0 bridgehead atoms. The molecule has 0 aliphatic heterocycles. The minimum absolute atomic E-state index is 0.560. The molecule has 1 rings (SSSR count). The number of benzene rings is 1. The molecule has 0 aromatic heterocycles. The summed E-state index contributed by atoms with van der Waals surface area (Å²) in [6.07, 6.45) is 0. The first-order chi connectivity index (χ1) is 5.77. The zero-order chi connectivity index (χ0) is 8.97. The number of nitrogens with two attached hydrogens (primary N) is 1. The number of rotatable bonds is 3. The second-order valence-electron chi connectivity index (χ2n) is 2.74. The van der Waals surface area contributed by atoms with Gasteiger partial charge in [0.25, 0.3) is 0 Å². The summed E-state index contributed by atoms with van der Waals surface area (Å²) in [5, 5.41) is 0. The number of anilines is 1. The highest BCUT2D eigenvalue weighted by molar-refractivity contribution is 5.52. The lowest BCUT2D eigenvalue weighted by Crippen LogP contribution is -2.17. The van der Waals surface area contributed by atoms with Gasteiger partial charge in [0.15, 0.2) is 0 Å². The fourth-order valence-corrected chi connectivity index (χ4v) is 1.12. The van der Waals surface area contributed by atoms with E-state index in [4.69, 9.17) is 5.73 Å². The molecule has 66 valence electrons. The first-order valence-electron chi connectivity index (χ1n) is 4.00. The van der Waals surface area contributed by atoms with Crippen molar-refractivity contribution in [2.24, 2.45) is 5.73 Å². The Morgan fingerprint density at radius 3 is 2.75 bits per heavy atom. The summed E-state index contributed by atoms with van der Waals surface area (Å²) in [4.78, 5) is 0. The highest BCUT2D eigenvalue weighted by Crippen LogP contribution is 2.15. The fourth-order valence-electron chi connectivity index (χ4n) is 1.12. The van der Waals surface area contributed by atoms with Crippen molar-refractivity contribution in [2.75, 3.05) is 12.5 Å². The third-order valence-corrected chi connectivity index (χ3v) is 1.74.